The summed E-state index contributed by atoms with van der Waals surface area (Å²) in [5, 5.41) is 39.1. The monoisotopic (exact) mass is 424 g/mol. The lowest BCUT2D eigenvalue weighted by Crippen LogP contribution is -2.43. The average Bonchev–Trinajstić information content (AvgIpc) is 2.65. The van der Waals surface area contributed by atoms with Gasteiger partial charge in [0.1, 0.15) is 6.10 Å². The van der Waals surface area contributed by atoms with Crippen molar-refractivity contribution in [2.24, 2.45) is 23.7 Å². The molecule has 3 unspecified atom stereocenters. The van der Waals surface area contributed by atoms with Crippen LogP contribution < -0.4 is 0 Å². The maximum atomic E-state index is 12.4. The van der Waals surface area contributed by atoms with E-state index in [4.69, 9.17) is 9.84 Å². The minimum Gasteiger partial charge on any atom is -0.481 e. The first kappa shape index (κ1) is 24.6. The lowest BCUT2D eigenvalue weighted by atomic mass is 9.66. The number of hydrogen-bond donors (Lipinski definition) is 4. The molecular formula is C23H36O7. The van der Waals surface area contributed by atoms with Crippen LogP contribution in [0, 0.1) is 23.7 Å². The Bertz CT molecular complexity index is 656. The third kappa shape index (κ3) is 6.65. The summed E-state index contributed by atoms with van der Waals surface area (Å²) in [4.78, 5) is 23.1. The Morgan fingerprint density at radius 3 is 2.60 bits per heavy atom. The van der Waals surface area contributed by atoms with Crippen molar-refractivity contribution < 1.29 is 34.8 Å². The van der Waals surface area contributed by atoms with Crippen molar-refractivity contribution in [3.8, 4) is 0 Å². The number of hydrogen-bond acceptors (Lipinski definition) is 6. The van der Waals surface area contributed by atoms with Crippen molar-refractivity contribution in [1.82, 2.24) is 0 Å². The van der Waals surface area contributed by atoms with Gasteiger partial charge in [-0.1, -0.05) is 39.0 Å². The van der Waals surface area contributed by atoms with E-state index in [9.17, 15) is 24.9 Å². The third-order valence-corrected chi connectivity index (χ3v) is 6.44. The van der Waals surface area contributed by atoms with Gasteiger partial charge in [0, 0.05) is 12.3 Å². The van der Waals surface area contributed by atoms with Crippen molar-refractivity contribution in [3.05, 3.63) is 23.8 Å². The van der Waals surface area contributed by atoms with Gasteiger partial charge >= 0.3 is 11.9 Å². The van der Waals surface area contributed by atoms with E-state index < -0.39 is 30.4 Å². The number of fused-ring (bicyclic) bond motifs is 1. The number of carbonyl (C=O) groups is 2. The molecule has 0 aromatic carbocycles. The number of rotatable bonds is 10. The molecule has 170 valence electrons. The van der Waals surface area contributed by atoms with Gasteiger partial charge in [-0.15, -0.1) is 0 Å². The number of aliphatic carboxylic acids is 1. The molecule has 0 aromatic heterocycles. The number of ether oxygens (including phenoxy) is 1. The van der Waals surface area contributed by atoms with Crippen molar-refractivity contribution in [1.29, 1.82) is 0 Å². The van der Waals surface area contributed by atoms with Crippen LogP contribution in [0.5, 0.6) is 0 Å². The van der Waals surface area contributed by atoms with Crippen molar-refractivity contribution in [2.75, 3.05) is 0 Å². The number of carboxylic acids is 1. The van der Waals surface area contributed by atoms with E-state index in [2.05, 4.69) is 13.0 Å². The van der Waals surface area contributed by atoms with Crippen LogP contribution in [0.3, 0.4) is 0 Å². The second-order valence-electron chi connectivity index (χ2n) is 8.88. The van der Waals surface area contributed by atoms with Gasteiger partial charge in [-0.25, -0.2) is 0 Å². The molecule has 8 atom stereocenters. The zero-order valence-electron chi connectivity index (χ0n) is 18.1. The Balaban J connectivity index is 2.09. The Hall–Kier alpha value is -1.70. The molecule has 0 aliphatic heterocycles. The van der Waals surface area contributed by atoms with Crippen LogP contribution in [0.4, 0.5) is 0 Å². The molecule has 7 heteroatoms. The van der Waals surface area contributed by atoms with E-state index in [1.54, 1.807) is 0 Å². The second kappa shape index (κ2) is 11.1. The molecule has 0 fully saturated rings. The highest BCUT2D eigenvalue weighted by Gasteiger charge is 2.42. The standard InChI is InChI=1S/C23H36O7/c1-4-13(2)23(29)30-20-11-17(25)9-15-6-5-14(3)19(22(15)20)8-7-16(24)10-18(26)12-21(27)28/h5-6,9,13-14,16-20,22,24-26H,4,7-8,10-12H2,1-3H3,(H,27,28)/t13-,14-,16?,17-,18+,19?,20?,22-/m0/s1. The fourth-order valence-corrected chi connectivity index (χ4v) is 4.52. The van der Waals surface area contributed by atoms with Crippen molar-refractivity contribution >= 4 is 11.9 Å². The zero-order chi connectivity index (χ0) is 22.4. The molecule has 0 saturated heterocycles. The van der Waals surface area contributed by atoms with Gasteiger partial charge in [-0.2, -0.15) is 0 Å². The van der Waals surface area contributed by atoms with Crippen LogP contribution in [-0.4, -0.2) is 56.8 Å². The molecule has 0 radical (unpaired) electrons. The fourth-order valence-electron chi connectivity index (χ4n) is 4.52. The normalized spacial score (nSPS) is 31.3. The highest BCUT2D eigenvalue weighted by Crippen LogP contribution is 2.44. The van der Waals surface area contributed by atoms with Gasteiger partial charge in [-0.05, 0) is 43.1 Å². The topological polar surface area (TPSA) is 124 Å². The number of esters is 1. The van der Waals surface area contributed by atoms with E-state index in [-0.39, 0.29) is 42.5 Å². The molecule has 2 rings (SSSR count). The number of carboxylic acid groups (broad SMARTS) is 1. The van der Waals surface area contributed by atoms with Crippen LogP contribution in [0.1, 0.15) is 59.3 Å². The first-order valence-corrected chi connectivity index (χ1v) is 11.0. The van der Waals surface area contributed by atoms with E-state index in [0.29, 0.717) is 25.7 Å². The summed E-state index contributed by atoms with van der Waals surface area (Å²) >= 11 is 0. The average molecular weight is 425 g/mol. The van der Waals surface area contributed by atoms with Crippen molar-refractivity contribution in [3.63, 3.8) is 0 Å². The van der Waals surface area contributed by atoms with E-state index in [0.717, 1.165) is 5.57 Å². The van der Waals surface area contributed by atoms with Gasteiger partial charge in [0.25, 0.3) is 0 Å². The fraction of sp³-hybridized carbons (Fsp3) is 0.739. The summed E-state index contributed by atoms with van der Waals surface area (Å²) in [7, 11) is 0. The molecule has 2 aliphatic carbocycles. The van der Waals surface area contributed by atoms with Gasteiger partial charge in [-0.3, -0.25) is 9.59 Å². The van der Waals surface area contributed by atoms with Crippen molar-refractivity contribution in [2.45, 2.75) is 83.7 Å². The quantitative estimate of drug-likeness (QED) is 0.397. The molecule has 0 spiro atoms. The first-order valence-electron chi connectivity index (χ1n) is 11.0. The second-order valence-corrected chi connectivity index (χ2v) is 8.88. The summed E-state index contributed by atoms with van der Waals surface area (Å²) in [5.41, 5.74) is 0.958. The van der Waals surface area contributed by atoms with Crippen LogP contribution in [0.15, 0.2) is 23.8 Å². The molecule has 7 nitrogen and oxygen atoms in total. The number of aliphatic hydroxyl groups is 3. The summed E-state index contributed by atoms with van der Waals surface area (Å²) in [6.07, 6.45) is 4.64. The predicted molar refractivity (Wildman–Crippen MR) is 111 cm³/mol. The molecule has 2 aliphatic rings. The Morgan fingerprint density at radius 1 is 1.27 bits per heavy atom. The lowest BCUT2D eigenvalue weighted by molar-refractivity contribution is -0.159. The molecule has 0 heterocycles. The maximum Gasteiger partial charge on any atom is 0.308 e. The Morgan fingerprint density at radius 2 is 1.97 bits per heavy atom. The number of allylic oxidation sites excluding steroid dienone is 2. The number of carbonyl (C=O) groups excluding carboxylic acids is 1. The molecule has 0 aromatic rings. The van der Waals surface area contributed by atoms with E-state index in [1.165, 1.54) is 0 Å². The molecule has 4 N–H and O–H groups in total. The lowest BCUT2D eigenvalue weighted by Gasteiger charge is -2.43. The highest BCUT2D eigenvalue weighted by molar-refractivity contribution is 5.72. The van der Waals surface area contributed by atoms with Gasteiger partial charge in [0.15, 0.2) is 0 Å². The summed E-state index contributed by atoms with van der Waals surface area (Å²) in [5.74, 6) is -1.31. The number of aliphatic hydroxyl groups excluding tert-OH is 3. The molecular weight excluding hydrogens is 388 g/mol. The maximum absolute atomic E-state index is 12.4. The highest BCUT2D eigenvalue weighted by atomic mass is 16.5. The predicted octanol–water partition coefficient (Wildman–Crippen LogP) is 2.44. The van der Waals surface area contributed by atoms with Crippen LogP contribution in [0.25, 0.3) is 0 Å². The Labute approximate surface area is 178 Å². The third-order valence-electron chi connectivity index (χ3n) is 6.44. The molecule has 0 amide bonds. The van der Waals surface area contributed by atoms with Crippen LogP contribution in [-0.2, 0) is 14.3 Å². The summed E-state index contributed by atoms with van der Waals surface area (Å²) in [6, 6.07) is 0. The van der Waals surface area contributed by atoms with Crippen LogP contribution in [0.2, 0.25) is 0 Å². The van der Waals surface area contributed by atoms with Gasteiger partial charge in [0.2, 0.25) is 0 Å². The van der Waals surface area contributed by atoms with E-state index >= 15 is 0 Å². The van der Waals surface area contributed by atoms with E-state index in [1.807, 2.05) is 26.0 Å². The minimum absolute atomic E-state index is 0.0156. The largest absolute Gasteiger partial charge is 0.481 e. The smallest absolute Gasteiger partial charge is 0.308 e. The zero-order valence-corrected chi connectivity index (χ0v) is 18.1. The molecule has 0 saturated carbocycles. The first-order chi connectivity index (χ1) is 14.1. The molecule has 30 heavy (non-hydrogen) atoms. The minimum atomic E-state index is -1.10. The van der Waals surface area contributed by atoms with Gasteiger partial charge in [0.05, 0.1) is 30.7 Å². The summed E-state index contributed by atoms with van der Waals surface area (Å²) in [6.45, 7) is 5.85. The Kier molecular flexibility index (Phi) is 9.07. The molecule has 0 bridgehead atoms. The summed E-state index contributed by atoms with van der Waals surface area (Å²) < 4.78 is 5.84. The SMILES string of the molecule is CC[C@H](C)C(=O)OC1C[C@@H](O)C=C2C=C[C@H](C)C(CCC(O)C[C@@H](O)CC(=O)O)[C@H]21. The van der Waals surface area contributed by atoms with Gasteiger partial charge < -0.3 is 25.2 Å². The van der Waals surface area contributed by atoms with Crippen LogP contribution >= 0.6 is 0 Å².